The van der Waals surface area contributed by atoms with Crippen molar-refractivity contribution in [3.05, 3.63) is 23.7 Å². The highest BCUT2D eigenvalue weighted by molar-refractivity contribution is 5.16. The van der Waals surface area contributed by atoms with Crippen LogP contribution in [0.3, 0.4) is 0 Å². The van der Waals surface area contributed by atoms with Crippen molar-refractivity contribution < 1.29 is 4.42 Å². The van der Waals surface area contributed by atoms with Gasteiger partial charge in [-0.25, -0.2) is 0 Å². The average Bonchev–Trinajstić information content (AvgIpc) is 3.17. The number of nitrogens with zero attached hydrogens (tertiary/aromatic N) is 1. The molecule has 0 atom stereocenters. The fourth-order valence-corrected chi connectivity index (χ4v) is 2.29. The molecule has 2 aliphatic rings. The van der Waals surface area contributed by atoms with Crippen molar-refractivity contribution >= 4 is 0 Å². The van der Waals surface area contributed by atoms with Gasteiger partial charge in [0.05, 0.1) is 12.8 Å². The first kappa shape index (κ1) is 10.4. The van der Waals surface area contributed by atoms with Gasteiger partial charge in [-0.1, -0.05) is 0 Å². The smallest absolute Gasteiger partial charge is 0.122 e. The third-order valence-corrected chi connectivity index (χ3v) is 3.66. The van der Waals surface area contributed by atoms with Crippen LogP contribution in [0.4, 0.5) is 0 Å². The minimum Gasteiger partial charge on any atom is -0.468 e. The zero-order valence-electron chi connectivity index (χ0n) is 9.69. The maximum atomic E-state index is 5.70. The quantitative estimate of drug-likeness (QED) is 0.798. The van der Waals surface area contributed by atoms with Gasteiger partial charge in [-0.3, -0.25) is 4.90 Å². The highest BCUT2D eigenvalue weighted by Crippen LogP contribution is 2.35. The molecule has 1 aromatic rings. The van der Waals surface area contributed by atoms with E-state index in [-0.39, 0.29) is 0 Å². The van der Waals surface area contributed by atoms with E-state index in [1.165, 1.54) is 37.8 Å². The van der Waals surface area contributed by atoms with Crippen LogP contribution in [-0.4, -0.2) is 17.5 Å². The van der Waals surface area contributed by atoms with Gasteiger partial charge in [0.2, 0.25) is 0 Å². The Morgan fingerprint density at radius 1 is 1.31 bits per heavy atom. The molecule has 0 radical (unpaired) electrons. The van der Waals surface area contributed by atoms with E-state index in [0.717, 1.165) is 24.3 Å². The van der Waals surface area contributed by atoms with Crippen LogP contribution in [0.2, 0.25) is 0 Å². The van der Waals surface area contributed by atoms with Crippen molar-refractivity contribution in [3.63, 3.8) is 0 Å². The summed E-state index contributed by atoms with van der Waals surface area (Å²) in [5.74, 6) is 2.03. The summed E-state index contributed by atoms with van der Waals surface area (Å²) in [5, 5.41) is 0. The van der Waals surface area contributed by atoms with Gasteiger partial charge in [-0.05, 0) is 37.7 Å². The van der Waals surface area contributed by atoms with Gasteiger partial charge in [0.15, 0.2) is 0 Å². The first-order chi connectivity index (χ1) is 7.86. The zero-order valence-corrected chi connectivity index (χ0v) is 9.69. The molecular weight excluding hydrogens is 200 g/mol. The van der Waals surface area contributed by atoms with Gasteiger partial charge in [-0.15, -0.1) is 0 Å². The topological polar surface area (TPSA) is 42.4 Å². The Morgan fingerprint density at radius 3 is 2.75 bits per heavy atom. The standard InChI is InChI=1S/C13H20N2O/c14-7-11-5-6-16-13(11)9-15(12-3-4-12)8-10-1-2-10/h5-6,10,12H,1-4,7-9,14H2. The molecule has 0 bridgehead atoms. The largest absolute Gasteiger partial charge is 0.468 e. The van der Waals surface area contributed by atoms with Crippen molar-refractivity contribution in [2.24, 2.45) is 11.7 Å². The number of furan rings is 1. The first-order valence-electron chi connectivity index (χ1n) is 6.36. The molecule has 3 nitrogen and oxygen atoms in total. The van der Waals surface area contributed by atoms with E-state index >= 15 is 0 Å². The fraction of sp³-hybridized carbons (Fsp3) is 0.692. The van der Waals surface area contributed by atoms with Crippen LogP contribution in [-0.2, 0) is 13.1 Å². The van der Waals surface area contributed by atoms with E-state index in [0.29, 0.717) is 6.54 Å². The second-order valence-electron chi connectivity index (χ2n) is 5.18. The molecule has 3 rings (SSSR count). The van der Waals surface area contributed by atoms with E-state index < -0.39 is 0 Å². The Balaban J connectivity index is 1.65. The molecule has 2 N–H and O–H groups in total. The lowest BCUT2D eigenvalue weighted by Crippen LogP contribution is -2.28. The molecule has 2 fully saturated rings. The minimum absolute atomic E-state index is 0.591. The summed E-state index contributed by atoms with van der Waals surface area (Å²) in [6, 6.07) is 2.81. The molecule has 2 aliphatic carbocycles. The SMILES string of the molecule is NCc1ccoc1CN(CC1CC1)C1CC1. The molecule has 88 valence electrons. The van der Waals surface area contributed by atoms with Crippen molar-refractivity contribution in [3.8, 4) is 0 Å². The summed E-state index contributed by atoms with van der Waals surface area (Å²) >= 11 is 0. The third kappa shape index (κ3) is 2.30. The van der Waals surface area contributed by atoms with Gasteiger partial charge < -0.3 is 10.2 Å². The Kier molecular flexibility index (Phi) is 2.74. The van der Waals surface area contributed by atoms with Crippen LogP contribution in [0.25, 0.3) is 0 Å². The van der Waals surface area contributed by atoms with Crippen LogP contribution >= 0.6 is 0 Å². The third-order valence-electron chi connectivity index (χ3n) is 3.66. The molecule has 0 aromatic carbocycles. The lowest BCUT2D eigenvalue weighted by molar-refractivity contribution is 0.223. The van der Waals surface area contributed by atoms with E-state index in [1.54, 1.807) is 6.26 Å². The van der Waals surface area contributed by atoms with Gasteiger partial charge >= 0.3 is 0 Å². The fourth-order valence-electron chi connectivity index (χ4n) is 2.29. The monoisotopic (exact) mass is 220 g/mol. The zero-order chi connectivity index (χ0) is 11.0. The van der Waals surface area contributed by atoms with Crippen molar-refractivity contribution in [1.82, 2.24) is 4.90 Å². The summed E-state index contributed by atoms with van der Waals surface area (Å²) in [6.45, 7) is 2.81. The van der Waals surface area contributed by atoms with Crippen LogP contribution in [0, 0.1) is 5.92 Å². The van der Waals surface area contributed by atoms with Crippen molar-refractivity contribution in [2.75, 3.05) is 6.54 Å². The first-order valence-corrected chi connectivity index (χ1v) is 6.36. The summed E-state index contributed by atoms with van der Waals surface area (Å²) in [7, 11) is 0. The molecule has 0 amide bonds. The normalized spacial score (nSPS) is 20.6. The predicted octanol–water partition coefficient (Wildman–Crippen LogP) is 2.11. The number of hydrogen-bond acceptors (Lipinski definition) is 3. The maximum Gasteiger partial charge on any atom is 0.122 e. The highest BCUT2D eigenvalue weighted by atomic mass is 16.3. The van der Waals surface area contributed by atoms with E-state index in [1.807, 2.05) is 6.07 Å². The number of hydrogen-bond donors (Lipinski definition) is 1. The second kappa shape index (κ2) is 4.22. The van der Waals surface area contributed by atoms with Crippen LogP contribution in [0.5, 0.6) is 0 Å². The Bertz CT molecular complexity index is 353. The molecule has 1 heterocycles. The molecule has 1 aromatic heterocycles. The molecule has 3 heteroatoms. The number of rotatable bonds is 6. The van der Waals surface area contributed by atoms with Crippen molar-refractivity contribution in [1.29, 1.82) is 0 Å². The highest BCUT2D eigenvalue weighted by Gasteiger charge is 2.34. The Labute approximate surface area is 96.6 Å². The number of nitrogens with two attached hydrogens (primary N) is 1. The summed E-state index contributed by atoms with van der Waals surface area (Å²) in [4.78, 5) is 2.59. The minimum atomic E-state index is 0.591. The maximum absolute atomic E-state index is 5.70. The predicted molar refractivity (Wildman–Crippen MR) is 62.8 cm³/mol. The van der Waals surface area contributed by atoms with E-state index in [9.17, 15) is 0 Å². The summed E-state index contributed by atoms with van der Waals surface area (Å²) in [6.07, 6.45) is 7.34. The van der Waals surface area contributed by atoms with Gasteiger partial charge in [0.1, 0.15) is 5.76 Å². The Morgan fingerprint density at radius 2 is 2.12 bits per heavy atom. The van der Waals surface area contributed by atoms with Crippen LogP contribution in [0.15, 0.2) is 16.7 Å². The second-order valence-corrected chi connectivity index (χ2v) is 5.18. The Hall–Kier alpha value is -0.800. The van der Waals surface area contributed by atoms with Gasteiger partial charge in [0.25, 0.3) is 0 Å². The molecule has 0 saturated heterocycles. The van der Waals surface area contributed by atoms with Crippen molar-refractivity contribution in [2.45, 2.75) is 44.8 Å². The molecule has 0 unspecified atom stereocenters. The van der Waals surface area contributed by atoms with Crippen LogP contribution < -0.4 is 5.73 Å². The molecule has 0 aliphatic heterocycles. The average molecular weight is 220 g/mol. The summed E-state index contributed by atoms with van der Waals surface area (Å²) in [5.41, 5.74) is 6.87. The summed E-state index contributed by atoms with van der Waals surface area (Å²) < 4.78 is 5.54. The van der Waals surface area contributed by atoms with E-state index in [4.69, 9.17) is 10.2 Å². The lowest BCUT2D eigenvalue weighted by atomic mass is 10.2. The molecule has 16 heavy (non-hydrogen) atoms. The molecule has 0 spiro atoms. The lowest BCUT2D eigenvalue weighted by Gasteiger charge is -2.21. The molecular formula is C13H20N2O. The molecule has 2 saturated carbocycles. The van der Waals surface area contributed by atoms with E-state index in [2.05, 4.69) is 4.90 Å². The van der Waals surface area contributed by atoms with Crippen LogP contribution in [0.1, 0.15) is 37.0 Å². The van der Waals surface area contributed by atoms with Gasteiger partial charge in [-0.2, -0.15) is 0 Å². The van der Waals surface area contributed by atoms with Gasteiger partial charge in [0, 0.05) is 24.7 Å².